The number of ether oxygens (including phenoxy) is 1. The Morgan fingerprint density at radius 2 is 1.72 bits per heavy atom. The molecule has 0 saturated carbocycles. The van der Waals surface area contributed by atoms with Gasteiger partial charge in [0.15, 0.2) is 5.76 Å². The fourth-order valence-corrected chi connectivity index (χ4v) is 3.07. The van der Waals surface area contributed by atoms with Crippen LogP contribution in [0.15, 0.2) is 77.4 Å². The molecule has 0 aliphatic carbocycles. The molecule has 150 valence electrons. The Hall–Kier alpha value is -3.19. The van der Waals surface area contributed by atoms with Crippen molar-refractivity contribution >= 4 is 29.3 Å². The van der Waals surface area contributed by atoms with Gasteiger partial charge in [0.2, 0.25) is 5.91 Å². The Balaban J connectivity index is 1.61. The molecule has 1 heterocycles. The summed E-state index contributed by atoms with van der Waals surface area (Å²) in [6.07, 6.45) is 3.88. The van der Waals surface area contributed by atoms with Gasteiger partial charge in [0, 0.05) is 5.69 Å². The molecular weight excluding hydrogens is 388 g/mol. The fourth-order valence-electron chi connectivity index (χ4n) is 2.60. The minimum Gasteiger partial charge on any atom is -0.459 e. The maximum absolute atomic E-state index is 12.7. The number of nitrogens with one attached hydrogen (secondary N) is 2. The van der Waals surface area contributed by atoms with Crippen LogP contribution in [0.2, 0.25) is 0 Å². The summed E-state index contributed by atoms with van der Waals surface area (Å²) < 4.78 is 10.8. The second-order valence-electron chi connectivity index (χ2n) is 6.21. The SMILES string of the molecule is CSCCC(NC(=O)c1ccco1)C(=O)Nc1ccc(Oc2ccccc2)cc1. The Morgan fingerprint density at radius 1 is 1.00 bits per heavy atom. The van der Waals surface area contributed by atoms with Crippen LogP contribution in [0, 0.1) is 0 Å². The molecule has 0 aliphatic rings. The van der Waals surface area contributed by atoms with Crippen LogP contribution in [0.4, 0.5) is 5.69 Å². The zero-order chi connectivity index (χ0) is 20.5. The molecule has 0 bridgehead atoms. The molecule has 0 saturated heterocycles. The molecule has 0 fully saturated rings. The van der Waals surface area contributed by atoms with Crippen molar-refractivity contribution in [2.24, 2.45) is 0 Å². The van der Waals surface area contributed by atoms with Crippen LogP contribution in [0.3, 0.4) is 0 Å². The Morgan fingerprint density at radius 3 is 2.38 bits per heavy atom. The van der Waals surface area contributed by atoms with Crippen molar-refractivity contribution in [3.05, 3.63) is 78.8 Å². The predicted octanol–water partition coefficient (Wildman–Crippen LogP) is 4.56. The predicted molar refractivity (Wildman–Crippen MR) is 115 cm³/mol. The number of rotatable bonds is 9. The van der Waals surface area contributed by atoms with Gasteiger partial charge >= 0.3 is 0 Å². The molecule has 2 N–H and O–H groups in total. The fraction of sp³-hybridized carbons (Fsp3) is 0.182. The Bertz CT molecular complexity index is 912. The standard InChI is InChI=1S/C22H22N2O4S/c1-29-15-13-19(24-22(26)20-8-5-14-27-20)21(25)23-16-9-11-18(12-10-16)28-17-6-3-2-4-7-17/h2-12,14,19H,13,15H2,1H3,(H,23,25)(H,24,26). The van der Waals surface area contributed by atoms with Gasteiger partial charge in [-0.05, 0) is 67.0 Å². The summed E-state index contributed by atoms with van der Waals surface area (Å²) in [6, 6.07) is 19.1. The smallest absolute Gasteiger partial charge is 0.287 e. The lowest BCUT2D eigenvalue weighted by Gasteiger charge is -2.17. The molecule has 1 atom stereocenters. The van der Waals surface area contributed by atoms with E-state index in [1.807, 2.05) is 36.6 Å². The number of para-hydroxylation sites is 1. The molecule has 3 rings (SSSR count). The summed E-state index contributed by atoms with van der Waals surface area (Å²) in [6.45, 7) is 0. The summed E-state index contributed by atoms with van der Waals surface area (Å²) in [5.74, 6) is 1.62. The van der Waals surface area contributed by atoms with E-state index in [1.54, 1.807) is 48.2 Å². The second kappa shape index (κ2) is 10.4. The summed E-state index contributed by atoms with van der Waals surface area (Å²) in [7, 11) is 0. The number of hydrogen-bond acceptors (Lipinski definition) is 5. The van der Waals surface area contributed by atoms with Gasteiger partial charge in [0.25, 0.3) is 5.91 Å². The van der Waals surface area contributed by atoms with Gasteiger partial charge < -0.3 is 19.8 Å². The van der Waals surface area contributed by atoms with Crippen molar-refractivity contribution in [2.45, 2.75) is 12.5 Å². The van der Waals surface area contributed by atoms with Crippen LogP contribution < -0.4 is 15.4 Å². The molecule has 6 nitrogen and oxygen atoms in total. The van der Waals surface area contributed by atoms with E-state index < -0.39 is 11.9 Å². The number of thioether (sulfide) groups is 1. The van der Waals surface area contributed by atoms with Crippen molar-refractivity contribution in [2.75, 3.05) is 17.3 Å². The van der Waals surface area contributed by atoms with E-state index in [1.165, 1.54) is 6.26 Å². The number of anilines is 1. The minimum absolute atomic E-state index is 0.175. The summed E-state index contributed by atoms with van der Waals surface area (Å²) in [5.41, 5.74) is 0.622. The lowest BCUT2D eigenvalue weighted by Crippen LogP contribution is -2.44. The van der Waals surface area contributed by atoms with Crippen LogP contribution in [-0.2, 0) is 4.79 Å². The molecule has 1 aromatic heterocycles. The first-order valence-electron chi connectivity index (χ1n) is 9.13. The summed E-state index contributed by atoms with van der Waals surface area (Å²) in [5, 5.41) is 5.58. The number of hydrogen-bond donors (Lipinski definition) is 2. The Labute approximate surface area is 173 Å². The molecule has 0 spiro atoms. The van der Waals surface area contributed by atoms with Gasteiger partial charge in [0.1, 0.15) is 17.5 Å². The Kier molecular flexibility index (Phi) is 7.35. The highest BCUT2D eigenvalue weighted by molar-refractivity contribution is 7.98. The van der Waals surface area contributed by atoms with E-state index in [0.29, 0.717) is 17.9 Å². The topological polar surface area (TPSA) is 80.6 Å². The normalized spacial score (nSPS) is 11.5. The van der Waals surface area contributed by atoms with E-state index in [2.05, 4.69) is 10.6 Å². The van der Waals surface area contributed by atoms with E-state index in [-0.39, 0.29) is 11.7 Å². The highest BCUT2D eigenvalue weighted by atomic mass is 32.2. The molecule has 7 heteroatoms. The number of carbonyl (C=O) groups is 2. The monoisotopic (exact) mass is 410 g/mol. The zero-order valence-electron chi connectivity index (χ0n) is 16.0. The molecule has 0 radical (unpaired) electrons. The van der Waals surface area contributed by atoms with E-state index in [0.717, 1.165) is 11.5 Å². The van der Waals surface area contributed by atoms with Crippen molar-refractivity contribution < 1.29 is 18.7 Å². The van der Waals surface area contributed by atoms with E-state index in [4.69, 9.17) is 9.15 Å². The molecule has 2 amide bonds. The second-order valence-corrected chi connectivity index (χ2v) is 7.20. The molecule has 1 unspecified atom stereocenters. The summed E-state index contributed by atoms with van der Waals surface area (Å²) in [4.78, 5) is 24.9. The molecular formula is C22H22N2O4S. The van der Waals surface area contributed by atoms with Gasteiger partial charge in [-0.3, -0.25) is 9.59 Å². The maximum Gasteiger partial charge on any atom is 0.287 e. The highest BCUT2D eigenvalue weighted by Gasteiger charge is 2.22. The average Bonchev–Trinajstić information content (AvgIpc) is 3.28. The lowest BCUT2D eigenvalue weighted by atomic mass is 10.2. The van der Waals surface area contributed by atoms with Gasteiger partial charge in [-0.2, -0.15) is 11.8 Å². The van der Waals surface area contributed by atoms with Crippen molar-refractivity contribution in [1.29, 1.82) is 0 Å². The van der Waals surface area contributed by atoms with Crippen LogP contribution in [0.25, 0.3) is 0 Å². The molecule has 29 heavy (non-hydrogen) atoms. The van der Waals surface area contributed by atoms with Crippen LogP contribution in [-0.4, -0.2) is 29.9 Å². The number of benzene rings is 2. The van der Waals surface area contributed by atoms with Crippen molar-refractivity contribution in [3.63, 3.8) is 0 Å². The molecule has 3 aromatic rings. The number of amides is 2. The number of furan rings is 1. The largest absolute Gasteiger partial charge is 0.459 e. The van der Waals surface area contributed by atoms with E-state index in [9.17, 15) is 9.59 Å². The van der Waals surface area contributed by atoms with E-state index >= 15 is 0 Å². The molecule has 2 aromatic carbocycles. The van der Waals surface area contributed by atoms with Gasteiger partial charge in [0.05, 0.1) is 6.26 Å². The first kappa shape index (κ1) is 20.5. The zero-order valence-corrected chi connectivity index (χ0v) is 16.8. The van der Waals surface area contributed by atoms with Gasteiger partial charge in [-0.25, -0.2) is 0 Å². The summed E-state index contributed by atoms with van der Waals surface area (Å²) >= 11 is 1.61. The highest BCUT2D eigenvalue weighted by Crippen LogP contribution is 2.22. The first-order chi connectivity index (χ1) is 14.2. The average molecular weight is 410 g/mol. The molecule has 0 aliphatic heterocycles. The lowest BCUT2D eigenvalue weighted by molar-refractivity contribution is -0.118. The van der Waals surface area contributed by atoms with Gasteiger partial charge in [-0.15, -0.1) is 0 Å². The van der Waals surface area contributed by atoms with Crippen molar-refractivity contribution in [1.82, 2.24) is 5.32 Å². The van der Waals surface area contributed by atoms with Crippen LogP contribution in [0.1, 0.15) is 17.0 Å². The van der Waals surface area contributed by atoms with Crippen LogP contribution in [0.5, 0.6) is 11.5 Å². The van der Waals surface area contributed by atoms with Crippen LogP contribution >= 0.6 is 11.8 Å². The first-order valence-corrected chi connectivity index (χ1v) is 10.5. The van der Waals surface area contributed by atoms with Gasteiger partial charge in [-0.1, -0.05) is 18.2 Å². The van der Waals surface area contributed by atoms with Crippen molar-refractivity contribution in [3.8, 4) is 11.5 Å². The third-order valence-electron chi connectivity index (χ3n) is 4.08. The third-order valence-corrected chi connectivity index (χ3v) is 4.72. The quantitative estimate of drug-likeness (QED) is 0.540. The third kappa shape index (κ3) is 6.15. The maximum atomic E-state index is 12.7. The minimum atomic E-state index is -0.666. The number of carbonyl (C=O) groups excluding carboxylic acids is 2.